The Hall–Kier alpha value is -2.25. The van der Waals surface area contributed by atoms with Gasteiger partial charge in [-0.2, -0.15) is 0 Å². The van der Waals surface area contributed by atoms with Gasteiger partial charge in [0.25, 0.3) is 5.88 Å². The maximum absolute atomic E-state index is 13.0. The molecule has 1 aliphatic heterocycles. The predicted octanol–water partition coefficient (Wildman–Crippen LogP) is 2.45. The lowest BCUT2D eigenvalue weighted by Crippen LogP contribution is -2.38. The standard InChI is InChI=1S/C18H21FN2O4/c1-24-17-10-16(25-20-17)15(22)11-21-8-6-13(7-9-21)18(23)12-2-4-14(19)5-3-12/h2-5,10,13,15,22H,6-9,11H2,1H3. The van der Waals surface area contributed by atoms with Gasteiger partial charge in [0.05, 0.1) is 7.11 Å². The summed E-state index contributed by atoms with van der Waals surface area (Å²) in [6, 6.07) is 7.25. The average molecular weight is 348 g/mol. The molecular formula is C18H21FN2O4. The molecule has 134 valence electrons. The van der Waals surface area contributed by atoms with E-state index in [1.165, 1.54) is 31.4 Å². The summed E-state index contributed by atoms with van der Waals surface area (Å²) in [6.45, 7) is 1.83. The minimum absolute atomic E-state index is 0.0557. The molecule has 6 nitrogen and oxygen atoms in total. The van der Waals surface area contributed by atoms with Crippen LogP contribution in [0.1, 0.15) is 35.1 Å². The molecule has 0 radical (unpaired) electrons. The van der Waals surface area contributed by atoms with Crippen molar-refractivity contribution >= 4 is 5.78 Å². The second-order valence-corrected chi connectivity index (χ2v) is 6.23. The van der Waals surface area contributed by atoms with Crippen molar-refractivity contribution in [3.8, 4) is 5.88 Å². The van der Waals surface area contributed by atoms with Crippen molar-refractivity contribution in [1.29, 1.82) is 0 Å². The SMILES string of the molecule is COc1cc(C(O)CN2CCC(C(=O)c3ccc(F)cc3)CC2)on1. The van der Waals surface area contributed by atoms with Crippen molar-refractivity contribution in [3.63, 3.8) is 0 Å². The third-order valence-electron chi connectivity index (χ3n) is 4.56. The zero-order valence-electron chi connectivity index (χ0n) is 14.0. The lowest BCUT2D eigenvalue weighted by Gasteiger charge is -2.32. The zero-order chi connectivity index (χ0) is 17.8. The molecule has 2 aromatic rings. The maximum Gasteiger partial charge on any atom is 0.254 e. The van der Waals surface area contributed by atoms with E-state index in [0.717, 1.165) is 0 Å². The number of nitrogens with zero attached hydrogens (tertiary/aromatic N) is 2. The zero-order valence-corrected chi connectivity index (χ0v) is 14.0. The Morgan fingerprint density at radius 2 is 2.08 bits per heavy atom. The molecule has 0 spiro atoms. The highest BCUT2D eigenvalue weighted by Gasteiger charge is 2.27. The molecule has 1 atom stereocenters. The Morgan fingerprint density at radius 3 is 2.68 bits per heavy atom. The number of halogens is 1. The van der Waals surface area contributed by atoms with Crippen LogP contribution in [0.25, 0.3) is 0 Å². The summed E-state index contributed by atoms with van der Waals surface area (Å²) < 4.78 is 23.0. The largest absolute Gasteiger partial charge is 0.479 e. The van der Waals surface area contributed by atoms with Gasteiger partial charge >= 0.3 is 0 Å². The average Bonchev–Trinajstić information content (AvgIpc) is 3.12. The molecule has 1 aliphatic rings. The lowest BCUT2D eigenvalue weighted by molar-refractivity contribution is 0.0636. The highest BCUT2D eigenvalue weighted by atomic mass is 19.1. The van der Waals surface area contributed by atoms with Crippen LogP contribution in [0.5, 0.6) is 5.88 Å². The quantitative estimate of drug-likeness (QED) is 0.808. The van der Waals surface area contributed by atoms with E-state index in [4.69, 9.17) is 9.26 Å². The minimum atomic E-state index is -0.791. The molecule has 0 bridgehead atoms. The molecule has 1 aromatic carbocycles. The van der Waals surface area contributed by atoms with Crippen molar-refractivity contribution < 1.29 is 23.6 Å². The Bertz CT molecular complexity index is 708. The van der Waals surface area contributed by atoms with E-state index in [0.29, 0.717) is 49.7 Å². The summed E-state index contributed by atoms with van der Waals surface area (Å²) >= 11 is 0. The number of piperidine rings is 1. The second-order valence-electron chi connectivity index (χ2n) is 6.23. The number of β-amino-alcohol motifs (C(OH)–C–C–N with tert-alkyl or cyclic N) is 1. The number of likely N-dealkylation sites (tertiary alicyclic amines) is 1. The fourth-order valence-electron chi connectivity index (χ4n) is 3.09. The number of rotatable bonds is 6. The number of aliphatic hydroxyl groups excluding tert-OH is 1. The van der Waals surface area contributed by atoms with Crippen molar-refractivity contribution in [2.45, 2.75) is 18.9 Å². The summed E-state index contributed by atoms with van der Waals surface area (Å²) in [5, 5.41) is 13.9. The number of carbonyl (C=O) groups is 1. The summed E-state index contributed by atoms with van der Waals surface area (Å²) in [5.41, 5.74) is 0.550. The number of aliphatic hydroxyl groups is 1. The monoisotopic (exact) mass is 348 g/mol. The van der Waals surface area contributed by atoms with Crippen LogP contribution in [0.3, 0.4) is 0 Å². The van der Waals surface area contributed by atoms with E-state index in [-0.39, 0.29) is 17.5 Å². The number of benzene rings is 1. The number of ether oxygens (including phenoxy) is 1. The molecule has 1 unspecified atom stereocenters. The normalized spacial score (nSPS) is 17.4. The van der Waals surface area contributed by atoms with E-state index < -0.39 is 6.10 Å². The number of aromatic nitrogens is 1. The van der Waals surface area contributed by atoms with Crippen LogP contribution < -0.4 is 4.74 Å². The summed E-state index contributed by atoms with van der Waals surface area (Å²) in [5.74, 6) is 0.341. The maximum atomic E-state index is 13.0. The predicted molar refractivity (Wildman–Crippen MR) is 87.9 cm³/mol. The summed E-state index contributed by atoms with van der Waals surface area (Å²) in [4.78, 5) is 14.6. The molecule has 0 saturated carbocycles. The third kappa shape index (κ3) is 4.24. The Morgan fingerprint density at radius 1 is 1.40 bits per heavy atom. The van der Waals surface area contributed by atoms with E-state index in [2.05, 4.69) is 10.1 Å². The van der Waals surface area contributed by atoms with Crippen molar-refractivity contribution in [2.75, 3.05) is 26.7 Å². The van der Waals surface area contributed by atoms with Gasteiger partial charge < -0.3 is 19.3 Å². The number of ketones is 1. The highest BCUT2D eigenvalue weighted by molar-refractivity contribution is 5.97. The molecule has 0 amide bonds. The number of carbonyl (C=O) groups excluding carboxylic acids is 1. The van der Waals surface area contributed by atoms with E-state index in [1.807, 2.05) is 0 Å². The van der Waals surface area contributed by atoms with E-state index >= 15 is 0 Å². The number of hydrogen-bond acceptors (Lipinski definition) is 6. The first kappa shape index (κ1) is 17.6. The highest BCUT2D eigenvalue weighted by Crippen LogP contribution is 2.25. The first-order valence-electron chi connectivity index (χ1n) is 8.27. The van der Waals surface area contributed by atoms with Gasteiger partial charge in [-0.1, -0.05) is 0 Å². The third-order valence-corrected chi connectivity index (χ3v) is 4.56. The van der Waals surface area contributed by atoms with E-state index in [1.54, 1.807) is 6.07 Å². The topological polar surface area (TPSA) is 75.8 Å². The molecule has 0 aliphatic carbocycles. The molecule has 7 heteroatoms. The molecular weight excluding hydrogens is 327 g/mol. The first-order valence-corrected chi connectivity index (χ1v) is 8.27. The van der Waals surface area contributed by atoms with Crippen molar-refractivity contribution in [2.24, 2.45) is 5.92 Å². The molecule has 25 heavy (non-hydrogen) atoms. The molecule has 1 aromatic heterocycles. The van der Waals surface area contributed by atoms with Crippen LogP contribution in [0, 0.1) is 11.7 Å². The van der Waals surface area contributed by atoms with E-state index in [9.17, 15) is 14.3 Å². The van der Waals surface area contributed by atoms with Gasteiger partial charge in [0, 0.05) is 24.1 Å². The smallest absolute Gasteiger partial charge is 0.254 e. The molecule has 2 heterocycles. The number of Topliss-reactive ketones (excluding diaryl/α,β-unsaturated/α-hetero) is 1. The Balaban J connectivity index is 1.51. The Kier molecular flexibility index (Phi) is 5.45. The molecule has 1 N–H and O–H groups in total. The van der Waals surface area contributed by atoms with Gasteiger partial charge in [-0.3, -0.25) is 4.79 Å². The Labute approximate surface area is 145 Å². The van der Waals surface area contributed by atoms with Crippen LogP contribution in [-0.4, -0.2) is 47.7 Å². The summed E-state index contributed by atoms with van der Waals surface area (Å²) in [7, 11) is 1.48. The van der Waals surface area contributed by atoms with Crippen LogP contribution in [-0.2, 0) is 0 Å². The van der Waals surface area contributed by atoms with Gasteiger partial charge in [0.1, 0.15) is 11.9 Å². The lowest BCUT2D eigenvalue weighted by atomic mass is 9.89. The first-order chi connectivity index (χ1) is 12.1. The van der Waals surface area contributed by atoms with Gasteiger partial charge in [0.15, 0.2) is 11.5 Å². The molecule has 1 saturated heterocycles. The van der Waals surface area contributed by atoms with Crippen LogP contribution >= 0.6 is 0 Å². The fourth-order valence-corrected chi connectivity index (χ4v) is 3.09. The van der Waals surface area contributed by atoms with Crippen LogP contribution in [0.15, 0.2) is 34.9 Å². The van der Waals surface area contributed by atoms with Gasteiger partial charge in [-0.15, -0.1) is 0 Å². The number of methoxy groups -OCH3 is 1. The number of hydrogen-bond donors (Lipinski definition) is 1. The van der Waals surface area contributed by atoms with Gasteiger partial charge in [0.2, 0.25) is 0 Å². The van der Waals surface area contributed by atoms with Crippen LogP contribution in [0.2, 0.25) is 0 Å². The minimum Gasteiger partial charge on any atom is -0.479 e. The molecule has 1 fully saturated rings. The van der Waals surface area contributed by atoms with Crippen LogP contribution in [0.4, 0.5) is 4.39 Å². The van der Waals surface area contributed by atoms with Crippen molar-refractivity contribution in [1.82, 2.24) is 10.1 Å². The summed E-state index contributed by atoms with van der Waals surface area (Å²) in [6.07, 6.45) is 0.631. The fraction of sp³-hybridized carbons (Fsp3) is 0.444. The van der Waals surface area contributed by atoms with Gasteiger partial charge in [-0.25, -0.2) is 4.39 Å². The second kappa shape index (κ2) is 7.76. The van der Waals surface area contributed by atoms with Gasteiger partial charge in [-0.05, 0) is 55.4 Å². The van der Waals surface area contributed by atoms with Crippen molar-refractivity contribution in [3.05, 3.63) is 47.5 Å². The molecule has 3 rings (SSSR count).